The maximum Gasteiger partial charge on any atom is 0.224 e. The first-order valence-electron chi connectivity index (χ1n) is 4.12. The molecule has 0 saturated carbocycles. The second kappa shape index (κ2) is 4.37. The largest absolute Gasteiger partial charge is 0.507 e. The topological polar surface area (TPSA) is 54.4 Å². The fourth-order valence-corrected chi connectivity index (χ4v) is 0.918. The highest BCUT2D eigenvalue weighted by Crippen LogP contribution is 2.09. The summed E-state index contributed by atoms with van der Waals surface area (Å²) in [5.41, 5.74) is 0.516. The van der Waals surface area contributed by atoms with Crippen LogP contribution in [0.3, 0.4) is 0 Å². The summed E-state index contributed by atoms with van der Waals surface area (Å²) in [6.07, 6.45) is 0.928. The zero-order valence-corrected chi connectivity index (χ0v) is 7.73. The van der Waals surface area contributed by atoms with Crippen LogP contribution in [0.25, 0.3) is 5.76 Å². The van der Waals surface area contributed by atoms with Gasteiger partial charge in [-0.3, -0.25) is 9.59 Å². The summed E-state index contributed by atoms with van der Waals surface area (Å²) in [4.78, 5) is 21.5. The Morgan fingerprint density at radius 1 is 1.21 bits per heavy atom. The summed E-state index contributed by atoms with van der Waals surface area (Å²) in [6, 6.07) is 8.57. The van der Waals surface area contributed by atoms with Gasteiger partial charge in [0.15, 0.2) is 5.78 Å². The Morgan fingerprint density at radius 2 is 1.79 bits per heavy atom. The van der Waals surface area contributed by atoms with Crippen molar-refractivity contribution in [1.82, 2.24) is 0 Å². The normalized spacial score (nSPS) is 11.1. The Balaban J connectivity index is 2.91. The van der Waals surface area contributed by atoms with Gasteiger partial charge in [0.25, 0.3) is 0 Å². The average Bonchev–Trinajstić information content (AvgIpc) is 2.19. The SMILES string of the molecule is CC(=O)C(=O)/C=C(\O)c1ccccc1. The number of hydrogen-bond donors (Lipinski definition) is 1. The van der Waals surface area contributed by atoms with Gasteiger partial charge in [-0.15, -0.1) is 0 Å². The van der Waals surface area contributed by atoms with Crippen LogP contribution in [0.1, 0.15) is 12.5 Å². The number of hydrogen-bond acceptors (Lipinski definition) is 3. The number of ketones is 2. The van der Waals surface area contributed by atoms with Crippen molar-refractivity contribution in [3.05, 3.63) is 42.0 Å². The number of carbonyl (C=O) groups excluding carboxylic acids is 2. The van der Waals surface area contributed by atoms with E-state index in [0.29, 0.717) is 5.56 Å². The number of aliphatic hydroxyl groups excluding tert-OH is 1. The predicted octanol–water partition coefficient (Wildman–Crippen LogP) is 1.74. The van der Waals surface area contributed by atoms with Crippen LogP contribution in [-0.4, -0.2) is 16.7 Å². The van der Waals surface area contributed by atoms with Crippen molar-refractivity contribution < 1.29 is 14.7 Å². The molecule has 0 fully saturated rings. The van der Waals surface area contributed by atoms with Gasteiger partial charge in [-0.05, 0) is 0 Å². The maximum absolute atomic E-state index is 10.9. The molecule has 0 heterocycles. The molecule has 0 spiro atoms. The Kier molecular flexibility index (Phi) is 3.18. The van der Waals surface area contributed by atoms with Crippen LogP contribution in [0.15, 0.2) is 36.4 Å². The molecular formula is C11H10O3. The van der Waals surface area contributed by atoms with Crippen molar-refractivity contribution >= 4 is 17.3 Å². The van der Waals surface area contributed by atoms with Crippen LogP contribution in [0, 0.1) is 0 Å². The summed E-state index contributed by atoms with van der Waals surface area (Å²) in [7, 11) is 0. The molecule has 72 valence electrons. The highest BCUT2D eigenvalue weighted by atomic mass is 16.3. The van der Waals surface area contributed by atoms with Crippen LogP contribution in [0.4, 0.5) is 0 Å². The number of allylic oxidation sites excluding steroid dienone is 1. The van der Waals surface area contributed by atoms with Crippen molar-refractivity contribution in [3.8, 4) is 0 Å². The van der Waals surface area contributed by atoms with E-state index in [1.165, 1.54) is 0 Å². The zero-order chi connectivity index (χ0) is 10.6. The minimum Gasteiger partial charge on any atom is -0.507 e. The molecular weight excluding hydrogens is 180 g/mol. The first-order valence-corrected chi connectivity index (χ1v) is 4.12. The zero-order valence-electron chi connectivity index (χ0n) is 7.73. The third-order valence-corrected chi connectivity index (χ3v) is 1.68. The van der Waals surface area contributed by atoms with Gasteiger partial charge < -0.3 is 5.11 Å². The van der Waals surface area contributed by atoms with E-state index in [-0.39, 0.29) is 5.76 Å². The van der Waals surface area contributed by atoms with Crippen LogP contribution < -0.4 is 0 Å². The second-order valence-electron chi connectivity index (χ2n) is 2.82. The molecule has 1 aromatic carbocycles. The molecule has 0 radical (unpaired) electrons. The molecule has 1 aromatic rings. The molecule has 3 nitrogen and oxygen atoms in total. The third kappa shape index (κ3) is 2.55. The summed E-state index contributed by atoms with van der Waals surface area (Å²) in [5, 5.41) is 9.43. The van der Waals surface area contributed by atoms with Crippen molar-refractivity contribution in [1.29, 1.82) is 0 Å². The summed E-state index contributed by atoms with van der Waals surface area (Å²) in [5.74, 6) is -1.48. The number of benzene rings is 1. The van der Waals surface area contributed by atoms with Crippen molar-refractivity contribution in [3.63, 3.8) is 0 Å². The molecule has 0 aliphatic heterocycles. The Morgan fingerprint density at radius 3 is 2.29 bits per heavy atom. The molecule has 0 amide bonds. The lowest BCUT2D eigenvalue weighted by Gasteiger charge is -1.97. The van der Waals surface area contributed by atoms with Gasteiger partial charge >= 0.3 is 0 Å². The molecule has 3 heteroatoms. The van der Waals surface area contributed by atoms with Crippen molar-refractivity contribution in [2.24, 2.45) is 0 Å². The number of rotatable bonds is 3. The molecule has 0 aliphatic carbocycles. The smallest absolute Gasteiger partial charge is 0.224 e. The minimum atomic E-state index is -0.702. The van der Waals surface area contributed by atoms with Crippen LogP contribution in [0.2, 0.25) is 0 Å². The van der Waals surface area contributed by atoms with E-state index in [2.05, 4.69) is 0 Å². The predicted molar refractivity (Wildman–Crippen MR) is 52.7 cm³/mol. The maximum atomic E-state index is 10.9. The molecule has 0 unspecified atom stereocenters. The van der Waals surface area contributed by atoms with E-state index >= 15 is 0 Å². The van der Waals surface area contributed by atoms with Gasteiger partial charge in [-0.2, -0.15) is 0 Å². The van der Waals surface area contributed by atoms with Crippen LogP contribution in [-0.2, 0) is 9.59 Å². The van der Waals surface area contributed by atoms with E-state index in [0.717, 1.165) is 13.0 Å². The molecule has 14 heavy (non-hydrogen) atoms. The van der Waals surface area contributed by atoms with Gasteiger partial charge in [0.1, 0.15) is 5.76 Å². The minimum absolute atomic E-state index is 0.189. The monoisotopic (exact) mass is 190 g/mol. The first kappa shape index (κ1) is 10.2. The highest BCUT2D eigenvalue weighted by molar-refractivity contribution is 6.41. The van der Waals surface area contributed by atoms with E-state index < -0.39 is 11.6 Å². The fourth-order valence-electron chi connectivity index (χ4n) is 0.918. The van der Waals surface area contributed by atoms with Gasteiger partial charge in [0.05, 0.1) is 0 Å². The highest BCUT2D eigenvalue weighted by Gasteiger charge is 2.06. The summed E-state index contributed by atoms with van der Waals surface area (Å²) >= 11 is 0. The first-order chi connectivity index (χ1) is 6.61. The molecule has 0 saturated heterocycles. The standard InChI is InChI=1S/C11H10O3/c1-8(12)10(13)7-11(14)9-5-3-2-4-6-9/h2-7,14H,1H3/b11-7-. The third-order valence-electron chi connectivity index (χ3n) is 1.68. The van der Waals surface area contributed by atoms with Crippen molar-refractivity contribution in [2.75, 3.05) is 0 Å². The van der Waals surface area contributed by atoms with E-state index in [1.54, 1.807) is 30.3 Å². The van der Waals surface area contributed by atoms with E-state index in [9.17, 15) is 14.7 Å². The number of carbonyl (C=O) groups is 2. The van der Waals surface area contributed by atoms with Crippen LogP contribution in [0.5, 0.6) is 0 Å². The molecule has 1 rings (SSSR count). The Bertz CT molecular complexity index is 377. The quantitative estimate of drug-likeness (QED) is 0.448. The average molecular weight is 190 g/mol. The molecule has 1 N–H and O–H groups in total. The lowest BCUT2D eigenvalue weighted by atomic mass is 10.1. The van der Waals surface area contributed by atoms with Crippen LogP contribution >= 0.6 is 0 Å². The van der Waals surface area contributed by atoms with E-state index in [1.807, 2.05) is 0 Å². The van der Waals surface area contributed by atoms with Gasteiger partial charge in [-0.25, -0.2) is 0 Å². The van der Waals surface area contributed by atoms with Gasteiger partial charge in [0.2, 0.25) is 5.78 Å². The number of aliphatic hydroxyl groups is 1. The fraction of sp³-hybridized carbons (Fsp3) is 0.0909. The summed E-state index contributed by atoms with van der Waals surface area (Å²) in [6.45, 7) is 1.16. The number of Topliss-reactive ketones (excluding diaryl/α,β-unsaturated/α-hetero) is 1. The second-order valence-corrected chi connectivity index (χ2v) is 2.82. The molecule has 0 bridgehead atoms. The lowest BCUT2D eigenvalue weighted by Crippen LogP contribution is -2.06. The van der Waals surface area contributed by atoms with Gasteiger partial charge in [-0.1, -0.05) is 30.3 Å². The Labute approximate surface area is 81.7 Å². The summed E-state index contributed by atoms with van der Waals surface area (Å²) < 4.78 is 0. The van der Waals surface area contributed by atoms with E-state index in [4.69, 9.17) is 0 Å². The van der Waals surface area contributed by atoms with Gasteiger partial charge in [0, 0.05) is 18.6 Å². The molecule has 0 atom stereocenters. The lowest BCUT2D eigenvalue weighted by molar-refractivity contribution is -0.132. The molecule has 0 aliphatic rings. The molecule has 0 aromatic heterocycles. The Hall–Kier alpha value is -1.90. The van der Waals surface area contributed by atoms with Crippen molar-refractivity contribution in [2.45, 2.75) is 6.92 Å².